The summed E-state index contributed by atoms with van der Waals surface area (Å²) >= 11 is 3.54. The van der Waals surface area contributed by atoms with Crippen LogP contribution in [-0.2, 0) is 5.75 Å². The summed E-state index contributed by atoms with van der Waals surface area (Å²) in [7, 11) is 0. The molecule has 0 radical (unpaired) electrons. The Morgan fingerprint density at radius 3 is 3.06 bits per heavy atom. The molecule has 1 atom stereocenters. The van der Waals surface area contributed by atoms with E-state index in [9.17, 15) is 0 Å². The van der Waals surface area contributed by atoms with E-state index in [0.29, 0.717) is 0 Å². The van der Waals surface area contributed by atoms with Gasteiger partial charge in [0.05, 0.1) is 11.4 Å². The van der Waals surface area contributed by atoms with Gasteiger partial charge in [-0.25, -0.2) is 4.98 Å². The molecule has 0 saturated carbocycles. The summed E-state index contributed by atoms with van der Waals surface area (Å²) in [6, 6.07) is 6.19. The summed E-state index contributed by atoms with van der Waals surface area (Å²) in [5, 5.41) is 3.11. The van der Waals surface area contributed by atoms with Crippen LogP contribution in [0, 0.1) is 0 Å². The average Bonchev–Trinajstić information content (AvgIpc) is 2.84. The number of rotatable bonds is 6. The molecule has 0 aliphatic carbocycles. The molecule has 18 heavy (non-hydrogen) atoms. The van der Waals surface area contributed by atoms with E-state index in [4.69, 9.17) is 5.73 Å². The zero-order chi connectivity index (χ0) is 12.8. The van der Waals surface area contributed by atoms with Crippen molar-refractivity contribution in [2.75, 3.05) is 5.75 Å². The maximum atomic E-state index is 5.72. The van der Waals surface area contributed by atoms with E-state index < -0.39 is 0 Å². The van der Waals surface area contributed by atoms with E-state index in [0.717, 1.165) is 34.3 Å². The highest BCUT2D eigenvalue weighted by Crippen LogP contribution is 2.23. The quantitative estimate of drug-likeness (QED) is 0.825. The topological polar surface area (TPSA) is 51.8 Å². The van der Waals surface area contributed by atoms with Crippen LogP contribution in [0.5, 0.6) is 0 Å². The van der Waals surface area contributed by atoms with Crippen molar-refractivity contribution < 1.29 is 0 Å². The highest BCUT2D eigenvalue weighted by Gasteiger charge is 2.05. The molecule has 0 spiro atoms. The molecule has 96 valence electrons. The molecule has 0 aliphatic heterocycles. The van der Waals surface area contributed by atoms with Gasteiger partial charge >= 0.3 is 0 Å². The van der Waals surface area contributed by atoms with Gasteiger partial charge in [-0.2, -0.15) is 11.8 Å². The van der Waals surface area contributed by atoms with Crippen LogP contribution in [0.4, 0.5) is 0 Å². The SMILES string of the molecule is CC(N)CCSCc1csc(-c2ccccn2)n1. The Hall–Kier alpha value is -0.910. The number of aromatic nitrogens is 2. The van der Waals surface area contributed by atoms with Crippen LogP contribution in [0.1, 0.15) is 19.0 Å². The zero-order valence-electron chi connectivity index (χ0n) is 10.4. The number of nitrogens with two attached hydrogens (primary N) is 1. The number of nitrogens with zero attached hydrogens (tertiary/aromatic N) is 2. The Labute approximate surface area is 116 Å². The first-order chi connectivity index (χ1) is 8.75. The normalized spacial score (nSPS) is 12.6. The van der Waals surface area contributed by atoms with Gasteiger partial charge in [0.2, 0.25) is 0 Å². The molecule has 2 aromatic heterocycles. The van der Waals surface area contributed by atoms with E-state index in [1.54, 1.807) is 17.5 Å². The van der Waals surface area contributed by atoms with Gasteiger partial charge in [-0.05, 0) is 31.2 Å². The molecule has 0 aliphatic rings. The van der Waals surface area contributed by atoms with Crippen LogP contribution in [-0.4, -0.2) is 21.8 Å². The Bertz CT molecular complexity index is 468. The smallest absolute Gasteiger partial charge is 0.142 e. The van der Waals surface area contributed by atoms with E-state index >= 15 is 0 Å². The third-order valence-corrected chi connectivity index (χ3v) is 4.34. The zero-order valence-corrected chi connectivity index (χ0v) is 12.0. The minimum Gasteiger partial charge on any atom is -0.328 e. The van der Waals surface area contributed by atoms with Crippen LogP contribution in [0.2, 0.25) is 0 Å². The fraction of sp³-hybridized carbons (Fsp3) is 0.385. The maximum absolute atomic E-state index is 5.72. The molecular weight excluding hydrogens is 262 g/mol. The van der Waals surface area contributed by atoms with E-state index in [2.05, 4.69) is 15.3 Å². The number of pyridine rings is 1. The summed E-state index contributed by atoms with van der Waals surface area (Å²) in [4.78, 5) is 8.91. The predicted octanol–water partition coefficient (Wildman–Crippen LogP) is 3.18. The summed E-state index contributed by atoms with van der Waals surface area (Å²) in [5.74, 6) is 2.05. The fourth-order valence-electron chi connectivity index (χ4n) is 1.43. The van der Waals surface area contributed by atoms with E-state index in [1.165, 1.54) is 0 Å². The van der Waals surface area contributed by atoms with Crippen LogP contribution in [0.25, 0.3) is 10.7 Å². The standard InChI is InChI=1S/C13H17N3S2/c1-10(14)5-7-17-8-11-9-18-13(16-11)12-4-2-3-6-15-12/h2-4,6,9-10H,5,7-8,14H2,1H3. The second kappa shape index (κ2) is 6.87. The van der Waals surface area contributed by atoms with Crippen molar-refractivity contribution in [3.8, 4) is 10.7 Å². The molecule has 0 fully saturated rings. The highest BCUT2D eigenvalue weighted by atomic mass is 32.2. The van der Waals surface area contributed by atoms with Gasteiger partial charge in [-0.1, -0.05) is 6.07 Å². The molecule has 0 amide bonds. The minimum atomic E-state index is 0.289. The van der Waals surface area contributed by atoms with Crippen LogP contribution in [0.3, 0.4) is 0 Å². The summed E-state index contributed by atoms with van der Waals surface area (Å²) in [5.41, 5.74) is 7.80. The third kappa shape index (κ3) is 4.08. The molecular formula is C13H17N3S2. The highest BCUT2D eigenvalue weighted by molar-refractivity contribution is 7.98. The molecule has 0 bridgehead atoms. The maximum Gasteiger partial charge on any atom is 0.142 e. The predicted molar refractivity (Wildman–Crippen MR) is 79.8 cm³/mol. The number of hydrogen-bond donors (Lipinski definition) is 1. The molecule has 2 N–H and O–H groups in total. The van der Waals surface area contributed by atoms with Gasteiger partial charge in [0.25, 0.3) is 0 Å². The number of hydrogen-bond acceptors (Lipinski definition) is 5. The fourth-order valence-corrected chi connectivity index (χ4v) is 3.37. The molecule has 2 aromatic rings. The Morgan fingerprint density at radius 2 is 2.33 bits per heavy atom. The lowest BCUT2D eigenvalue weighted by atomic mass is 10.3. The summed E-state index contributed by atoms with van der Waals surface area (Å²) in [6.07, 6.45) is 2.86. The first kappa shape index (κ1) is 13.5. The van der Waals surface area contributed by atoms with Crippen molar-refractivity contribution >= 4 is 23.1 Å². The number of thiazole rings is 1. The van der Waals surface area contributed by atoms with Crippen molar-refractivity contribution in [2.24, 2.45) is 5.73 Å². The van der Waals surface area contributed by atoms with Crippen molar-refractivity contribution in [3.05, 3.63) is 35.5 Å². The second-order valence-corrected chi connectivity index (χ2v) is 6.14. The van der Waals surface area contributed by atoms with Crippen molar-refractivity contribution in [1.82, 2.24) is 9.97 Å². The lowest BCUT2D eigenvalue weighted by Crippen LogP contribution is -2.15. The largest absolute Gasteiger partial charge is 0.328 e. The monoisotopic (exact) mass is 279 g/mol. The Balaban J connectivity index is 1.87. The summed E-state index contributed by atoms with van der Waals surface area (Å²) < 4.78 is 0. The second-order valence-electron chi connectivity index (χ2n) is 4.18. The molecule has 2 rings (SSSR count). The van der Waals surface area contributed by atoms with Gasteiger partial charge < -0.3 is 5.73 Å². The van der Waals surface area contributed by atoms with Crippen LogP contribution in [0.15, 0.2) is 29.8 Å². The van der Waals surface area contributed by atoms with E-state index in [-0.39, 0.29) is 6.04 Å². The number of thioether (sulfide) groups is 1. The van der Waals surface area contributed by atoms with E-state index in [1.807, 2.05) is 36.9 Å². The molecule has 0 saturated heterocycles. The van der Waals surface area contributed by atoms with Crippen LogP contribution >= 0.6 is 23.1 Å². The van der Waals surface area contributed by atoms with Gasteiger partial charge in [0, 0.05) is 23.4 Å². The van der Waals surface area contributed by atoms with Crippen molar-refractivity contribution in [3.63, 3.8) is 0 Å². The first-order valence-electron chi connectivity index (χ1n) is 5.95. The van der Waals surface area contributed by atoms with Crippen molar-refractivity contribution in [2.45, 2.75) is 25.1 Å². The van der Waals surface area contributed by atoms with Crippen LogP contribution < -0.4 is 5.73 Å². The van der Waals surface area contributed by atoms with Gasteiger partial charge in [0.15, 0.2) is 0 Å². The lowest BCUT2D eigenvalue weighted by Gasteiger charge is -2.02. The minimum absolute atomic E-state index is 0.289. The van der Waals surface area contributed by atoms with Gasteiger partial charge in [-0.15, -0.1) is 11.3 Å². The third-order valence-electron chi connectivity index (χ3n) is 2.40. The average molecular weight is 279 g/mol. The van der Waals surface area contributed by atoms with Crippen molar-refractivity contribution in [1.29, 1.82) is 0 Å². The lowest BCUT2D eigenvalue weighted by molar-refractivity contribution is 0.721. The Kier molecular flexibility index (Phi) is 5.16. The molecule has 2 heterocycles. The van der Waals surface area contributed by atoms with Gasteiger partial charge in [-0.3, -0.25) is 4.98 Å². The molecule has 1 unspecified atom stereocenters. The molecule has 0 aromatic carbocycles. The molecule has 3 nitrogen and oxygen atoms in total. The first-order valence-corrected chi connectivity index (χ1v) is 7.98. The Morgan fingerprint density at radius 1 is 1.44 bits per heavy atom. The summed E-state index contributed by atoms with van der Waals surface area (Å²) in [6.45, 7) is 2.04. The van der Waals surface area contributed by atoms with Gasteiger partial charge in [0.1, 0.15) is 5.01 Å². The molecule has 5 heteroatoms.